The van der Waals surface area contributed by atoms with Crippen LogP contribution >= 0.6 is 0 Å². The standard InChI is InChI=1S/C18H23N3O4S/c1-26(24,25)20-17-11-6-7-12(17)10-21(9-11)18(23)14-8-16(22)19-15-5-3-2-4-13(14)15/h2-5,11-12,14,17,20H,6-10H2,1H3,(H,19,22)/t11-,12+,14?,17?. The molecule has 1 saturated carbocycles. The first-order chi connectivity index (χ1) is 12.3. The van der Waals surface area contributed by atoms with E-state index in [0.29, 0.717) is 18.8 Å². The number of para-hydroxylation sites is 1. The van der Waals surface area contributed by atoms with Crippen LogP contribution in [-0.2, 0) is 19.6 Å². The van der Waals surface area contributed by atoms with E-state index in [-0.39, 0.29) is 36.1 Å². The van der Waals surface area contributed by atoms with Gasteiger partial charge >= 0.3 is 0 Å². The second-order valence-corrected chi connectivity index (χ2v) is 9.43. The molecule has 140 valence electrons. The number of amides is 2. The van der Waals surface area contributed by atoms with Crippen LogP contribution in [-0.4, -0.2) is 50.5 Å². The number of rotatable bonds is 3. The molecular formula is C18H23N3O4S. The molecule has 1 aromatic rings. The lowest BCUT2D eigenvalue weighted by atomic mass is 9.87. The molecule has 1 saturated heterocycles. The van der Waals surface area contributed by atoms with Gasteiger partial charge in [-0.15, -0.1) is 0 Å². The van der Waals surface area contributed by atoms with Crippen LogP contribution in [0.4, 0.5) is 5.69 Å². The second kappa shape index (κ2) is 6.35. The van der Waals surface area contributed by atoms with Crippen molar-refractivity contribution in [2.24, 2.45) is 11.8 Å². The first-order valence-electron chi connectivity index (χ1n) is 8.96. The number of carbonyl (C=O) groups excluding carboxylic acids is 2. The quantitative estimate of drug-likeness (QED) is 0.818. The van der Waals surface area contributed by atoms with E-state index in [2.05, 4.69) is 10.0 Å². The van der Waals surface area contributed by atoms with Gasteiger partial charge in [0.05, 0.1) is 12.2 Å². The molecule has 4 atom stereocenters. The molecule has 8 heteroatoms. The number of anilines is 1. The Hall–Kier alpha value is -1.93. The summed E-state index contributed by atoms with van der Waals surface area (Å²) in [6, 6.07) is 7.34. The van der Waals surface area contributed by atoms with Crippen LogP contribution < -0.4 is 10.0 Å². The highest BCUT2D eigenvalue weighted by molar-refractivity contribution is 7.88. The molecule has 2 fully saturated rings. The number of nitrogens with one attached hydrogen (secondary N) is 2. The Kier molecular flexibility index (Phi) is 4.27. The molecule has 1 aromatic carbocycles. The number of piperidine rings is 1. The third kappa shape index (κ3) is 3.23. The number of fused-ring (bicyclic) bond motifs is 3. The van der Waals surface area contributed by atoms with Crippen LogP contribution in [0.3, 0.4) is 0 Å². The van der Waals surface area contributed by atoms with Crippen LogP contribution in [0.1, 0.15) is 30.7 Å². The summed E-state index contributed by atoms with van der Waals surface area (Å²) in [5, 5.41) is 2.82. The highest BCUT2D eigenvalue weighted by Crippen LogP contribution is 2.40. The van der Waals surface area contributed by atoms with Gasteiger partial charge in [0.15, 0.2) is 0 Å². The van der Waals surface area contributed by atoms with Gasteiger partial charge in [0.25, 0.3) is 0 Å². The maximum atomic E-state index is 13.2. The van der Waals surface area contributed by atoms with Crippen LogP contribution in [0.2, 0.25) is 0 Å². The van der Waals surface area contributed by atoms with E-state index in [1.807, 2.05) is 29.2 Å². The summed E-state index contributed by atoms with van der Waals surface area (Å²) in [5.74, 6) is -0.348. The molecule has 2 N–H and O–H groups in total. The minimum Gasteiger partial charge on any atom is -0.341 e. The second-order valence-electron chi connectivity index (χ2n) is 7.65. The average Bonchev–Trinajstić information content (AvgIpc) is 2.81. The number of benzene rings is 1. The highest BCUT2D eigenvalue weighted by atomic mass is 32.2. The summed E-state index contributed by atoms with van der Waals surface area (Å²) in [5.41, 5.74) is 1.57. The molecule has 0 aromatic heterocycles. The summed E-state index contributed by atoms with van der Waals surface area (Å²) in [4.78, 5) is 27.0. The number of sulfonamides is 1. The Morgan fingerprint density at radius 2 is 1.85 bits per heavy atom. The van der Waals surface area contributed by atoms with Gasteiger partial charge in [0.2, 0.25) is 21.8 Å². The summed E-state index contributed by atoms with van der Waals surface area (Å²) in [6.45, 7) is 1.09. The smallest absolute Gasteiger partial charge is 0.230 e. The highest BCUT2D eigenvalue weighted by Gasteiger charge is 2.46. The van der Waals surface area contributed by atoms with Crippen molar-refractivity contribution in [2.75, 3.05) is 24.7 Å². The van der Waals surface area contributed by atoms with Crippen LogP contribution in [0.25, 0.3) is 0 Å². The molecule has 2 bridgehead atoms. The molecule has 4 rings (SSSR count). The first-order valence-corrected chi connectivity index (χ1v) is 10.9. The summed E-state index contributed by atoms with van der Waals surface area (Å²) in [7, 11) is -3.26. The van der Waals surface area contributed by atoms with Crippen molar-refractivity contribution in [1.29, 1.82) is 0 Å². The van der Waals surface area contributed by atoms with Crippen LogP contribution in [0, 0.1) is 11.8 Å². The largest absolute Gasteiger partial charge is 0.341 e. The molecular weight excluding hydrogens is 354 g/mol. The predicted molar refractivity (Wildman–Crippen MR) is 97.0 cm³/mol. The molecule has 0 spiro atoms. The van der Waals surface area contributed by atoms with Gasteiger partial charge in [-0.05, 0) is 36.3 Å². The van der Waals surface area contributed by atoms with Gasteiger partial charge in [-0.3, -0.25) is 9.59 Å². The van der Waals surface area contributed by atoms with Gasteiger partial charge in [0, 0.05) is 31.2 Å². The van der Waals surface area contributed by atoms with Crippen LogP contribution in [0.15, 0.2) is 24.3 Å². The SMILES string of the molecule is CS(=O)(=O)NC1[C@@H]2CC[C@H]1CN(C(=O)C1CC(=O)Nc3ccccc31)C2. The van der Waals surface area contributed by atoms with E-state index in [1.54, 1.807) is 0 Å². The molecule has 1 aliphatic carbocycles. The van der Waals surface area contributed by atoms with Gasteiger partial charge in [0.1, 0.15) is 0 Å². The van der Waals surface area contributed by atoms with Crippen molar-refractivity contribution in [2.45, 2.75) is 31.2 Å². The van der Waals surface area contributed by atoms with Gasteiger partial charge in [-0.25, -0.2) is 13.1 Å². The molecule has 0 radical (unpaired) electrons. The Morgan fingerprint density at radius 1 is 1.19 bits per heavy atom. The van der Waals surface area contributed by atoms with Gasteiger partial charge in [-0.2, -0.15) is 0 Å². The average molecular weight is 377 g/mol. The zero-order valence-electron chi connectivity index (χ0n) is 14.6. The van der Waals surface area contributed by atoms with E-state index in [9.17, 15) is 18.0 Å². The zero-order chi connectivity index (χ0) is 18.5. The Morgan fingerprint density at radius 3 is 2.50 bits per heavy atom. The molecule has 26 heavy (non-hydrogen) atoms. The third-order valence-corrected chi connectivity index (χ3v) is 6.49. The monoisotopic (exact) mass is 377 g/mol. The van der Waals surface area contributed by atoms with Gasteiger partial charge < -0.3 is 10.2 Å². The van der Waals surface area contributed by atoms with Crippen molar-refractivity contribution in [3.05, 3.63) is 29.8 Å². The molecule has 3 aliphatic rings. The van der Waals surface area contributed by atoms with E-state index in [0.717, 1.165) is 18.4 Å². The van der Waals surface area contributed by atoms with Crippen molar-refractivity contribution >= 4 is 27.5 Å². The molecule has 2 aliphatic heterocycles. The topological polar surface area (TPSA) is 95.6 Å². The van der Waals surface area contributed by atoms with E-state index in [1.165, 1.54) is 6.26 Å². The zero-order valence-corrected chi connectivity index (χ0v) is 15.5. The maximum Gasteiger partial charge on any atom is 0.230 e. The fraction of sp³-hybridized carbons (Fsp3) is 0.556. The van der Waals surface area contributed by atoms with E-state index in [4.69, 9.17) is 0 Å². The van der Waals surface area contributed by atoms with Crippen LogP contribution in [0.5, 0.6) is 0 Å². The molecule has 2 amide bonds. The lowest BCUT2D eigenvalue weighted by Gasteiger charge is -2.40. The number of hydrogen-bond donors (Lipinski definition) is 2. The van der Waals surface area contributed by atoms with E-state index >= 15 is 0 Å². The lowest BCUT2D eigenvalue weighted by Crippen LogP contribution is -2.54. The van der Waals surface area contributed by atoms with E-state index < -0.39 is 15.9 Å². The Balaban J connectivity index is 1.53. The van der Waals surface area contributed by atoms with Crippen molar-refractivity contribution in [3.63, 3.8) is 0 Å². The summed E-state index contributed by atoms with van der Waals surface area (Å²) < 4.78 is 26.0. The van der Waals surface area contributed by atoms with Crippen molar-refractivity contribution in [3.8, 4) is 0 Å². The fourth-order valence-corrected chi connectivity index (χ4v) is 5.57. The summed E-state index contributed by atoms with van der Waals surface area (Å²) >= 11 is 0. The van der Waals surface area contributed by atoms with Gasteiger partial charge in [-0.1, -0.05) is 18.2 Å². The number of hydrogen-bond acceptors (Lipinski definition) is 4. The normalized spacial score (nSPS) is 30.7. The Bertz CT molecular complexity index is 840. The Labute approximate surface area is 153 Å². The third-order valence-electron chi connectivity index (χ3n) is 5.79. The predicted octanol–water partition coefficient (Wildman–Crippen LogP) is 0.899. The molecule has 2 unspecified atom stereocenters. The first kappa shape index (κ1) is 17.5. The maximum absolute atomic E-state index is 13.2. The fourth-order valence-electron chi connectivity index (χ4n) is 4.69. The number of nitrogens with zero attached hydrogens (tertiary/aromatic N) is 1. The molecule has 7 nitrogen and oxygen atoms in total. The minimum absolute atomic E-state index is 0.0259. The van der Waals surface area contributed by atoms with Crippen molar-refractivity contribution in [1.82, 2.24) is 9.62 Å². The molecule has 2 heterocycles. The lowest BCUT2D eigenvalue weighted by molar-refractivity contribution is -0.137. The minimum atomic E-state index is -3.26. The van der Waals surface area contributed by atoms with Crippen molar-refractivity contribution < 1.29 is 18.0 Å². The number of likely N-dealkylation sites (tertiary alicyclic amines) is 1. The number of carbonyl (C=O) groups is 2. The summed E-state index contributed by atoms with van der Waals surface area (Å²) in [6.07, 6.45) is 3.18.